The van der Waals surface area contributed by atoms with Crippen molar-refractivity contribution in [1.29, 1.82) is 0 Å². The molecule has 0 atom stereocenters. The van der Waals surface area contributed by atoms with E-state index in [1.165, 1.54) is 7.11 Å². The summed E-state index contributed by atoms with van der Waals surface area (Å²) in [4.78, 5) is 21.8. The van der Waals surface area contributed by atoms with Gasteiger partial charge in [0.2, 0.25) is 0 Å². The molecule has 0 aliphatic rings. The van der Waals surface area contributed by atoms with Crippen LogP contribution in [-0.2, 0) is 28.5 Å². The molecule has 6 heteroatoms. The Balaban J connectivity index is 3.25. The molecule has 0 saturated heterocycles. The first kappa shape index (κ1) is 15.9. The Morgan fingerprint density at radius 1 is 0.882 bits per heavy atom. The van der Waals surface area contributed by atoms with Gasteiger partial charge in [-0.3, -0.25) is 9.59 Å². The second-order valence-corrected chi connectivity index (χ2v) is 3.11. The zero-order valence-electron chi connectivity index (χ0n) is 10.4. The molecule has 0 unspecified atom stereocenters. The van der Waals surface area contributed by atoms with E-state index in [0.29, 0.717) is 26.4 Å². The van der Waals surface area contributed by atoms with Crippen LogP contribution in [0.25, 0.3) is 0 Å². The topological polar surface area (TPSA) is 71.1 Å². The average Bonchev–Trinajstić information content (AvgIpc) is 2.34. The average molecular weight is 248 g/mol. The Morgan fingerprint density at radius 2 is 1.47 bits per heavy atom. The first-order chi connectivity index (χ1) is 8.20. The summed E-state index contributed by atoms with van der Waals surface area (Å²) >= 11 is 0. The number of hydrogen-bond acceptors (Lipinski definition) is 6. The van der Waals surface area contributed by atoms with Crippen LogP contribution in [0.1, 0.15) is 19.8 Å². The van der Waals surface area contributed by atoms with E-state index in [1.807, 2.05) is 6.92 Å². The third-order valence-corrected chi connectivity index (χ3v) is 1.83. The van der Waals surface area contributed by atoms with E-state index in [0.717, 1.165) is 0 Å². The van der Waals surface area contributed by atoms with Crippen molar-refractivity contribution in [1.82, 2.24) is 0 Å². The van der Waals surface area contributed by atoms with Gasteiger partial charge in [0.25, 0.3) is 0 Å². The van der Waals surface area contributed by atoms with Crippen LogP contribution in [0.3, 0.4) is 0 Å². The molecule has 100 valence electrons. The maximum absolute atomic E-state index is 11.1. The standard InChI is InChI=1S/C11H20O6/c1-3-15-6-7-16-8-9-17-11(13)5-4-10(12)14-2/h3-9H2,1-2H3. The molecular weight excluding hydrogens is 228 g/mol. The third kappa shape index (κ3) is 11.1. The van der Waals surface area contributed by atoms with Crippen molar-refractivity contribution in [3.8, 4) is 0 Å². The maximum Gasteiger partial charge on any atom is 0.306 e. The molecule has 0 heterocycles. The predicted octanol–water partition coefficient (Wildman–Crippen LogP) is 0.536. The molecule has 0 aromatic rings. The molecule has 0 spiro atoms. The molecule has 0 aliphatic carbocycles. The lowest BCUT2D eigenvalue weighted by atomic mass is 10.3. The lowest BCUT2D eigenvalue weighted by Crippen LogP contribution is -2.14. The van der Waals surface area contributed by atoms with Gasteiger partial charge >= 0.3 is 11.9 Å². The van der Waals surface area contributed by atoms with Gasteiger partial charge in [-0.25, -0.2) is 0 Å². The number of carbonyl (C=O) groups excluding carboxylic acids is 2. The molecule has 17 heavy (non-hydrogen) atoms. The molecule has 0 radical (unpaired) electrons. The van der Waals surface area contributed by atoms with Crippen LogP contribution in [-0.4, -0.2) is 52.1 Å². The fourth-order valence-corrected chi connectivity index (χ4v) is 0.957. The van der Waals surface area contributed by atoms with Gasteiger partial charge in [0, 0.05) is 6.61 Å². The monoisotopic (exact) mass is 248 g/mol. The summed E-state index contributed by atoms with van der Waals surface area (Å²) in [5, 5.41) is 0. The van der Waals surface area contributed by atoms with Crippen LogP contribution in [0.2, 0.25) is 0 Å². The number of hydrogen-bond donors (Lipinski definition) is 0. The van der Waals surface area contributed by atoms with Crippen molar-refractivity contribution in [2.24, 2.45) is 0 Å². The summed E-state index contributed by atoms with van der Waals surface area (Å²) in [5.74, 6) is -0.848. The van der Waals surface area contributed by atoms with Crippen LogP contribution < -0.4 is 0 Å². The zero-order chi connectivity index (χ0) is 12.9. The van der Waals surface area contributed by atoms with Crippen molar-refractivity contribution >= 4 is 11.9 Å². The fourth-order valence-electron chi connectivity index (χ4n) is 0.957. The van der Waals surface area contributed by atoms with E-state index >= 15 is 0 Å². The van der Waals surface area contributed by atoms with Gasteiger partial charge in [-0.05, 0) is 6.92 Å². The molecule has 0 aromatic heterocycles. The van der Waals surface area contributed by atoms with E-state index in [1.54, 1.807) is 0 Å². The predicted molar refractivity (Wildman–Crippen MR) is 59.5 cm³/mol. The molecule has 0 fully saturated rings. The highest BCUT2D eigenvalue weighted by Gasteiger charge is 2.07. The molecule has 0 rings (SSSR count). The van der Waals surface area contributed by atoms with Gasteiger partial charge in [0.15, 0.2) is 0 Å². The number of rotatable bonds is 10. The lowest BCUT2D eigenvalue weighted by molar-refractivity contribution is -0.150. The summed E-state index contributed by atoms with van der Waals surface area (Å²) in [6.07, 6.45) is 0.0755. The Labute approximate surface area is 101 Å². The van der Waals surface area contributed by atoms with Gasteiger partial charge in [-0.2, -0.15) is 0 Å². The first-order valence-electron chi connectivity index (χ1n) is 5.58. The smallest absolute Gasteiger partial charge is 0.306 e. The summed E-state index contributed by atoms with van der Waals surface area (Å²) in [7, 11) is 1.28. The number of ether oxygens (including phenoxy) is 4. The fraction of sp³-hybridized carbons (Fsp3) is 0.818. The second kappa shape index (κ2) is 11.3. The Hall–Kier alpha value is -1.14. The van der Waals surface area contributed by atoms with Gasteiger partial charge in [-0.15, -0.1) is 0 Å². The Bertz CT molecular complexity index is 216. The lowest BCUT2D eigenvalue weighted by Gasteiger charge is -2.05. The zero-order valence-corrected chi connectivity index (χ0v) is 10.4. The van der Waals surface area contributed by atoms with Gasteiger partial charge < -0.3 is 18.9 Å². The molecule has 0 aliphatic heterocycles. The van der Waals surface area contributed by atoms with Crippen molar-refractivity contribution in [3.05, 3.63) is 0 Å². The quantitative estimate of drug-likeness (QED) is 0.415. The highest BCUT2D eigenvalue weighted by atomic mass is 16.6. The maximum atomic E-state index is 11.1. The van der Waals surface area contributed by atoms with Crippen molar-refractivity contribution in [3.63, 3.8) is 0 Å². The Kier molecular flexibility index (Phi) is 10.6. The van der Waals surface area contributed by atoms with Crippen molar-refractivity contribution in [2.75, 3.05) is 40.1 Å². The van der Waals surface area contributed by atoms with E-state index in [-0.39, 0.29) is 19.4 Å². The number of methoxy groups -OCH3 is 1. The van der Waals surface area contributed by atoms with Gasteiger partial charge in [-0.1, -0.05) is 0 Å². The molecule has 0 N–H and O–H groups in total. The summed E-state index contributed by atoms with van der Waals surface area (Å²) in [5.41, 5.74) is 0. The molecular formula is C11H20O6. The van der Waals surface area contributed by atoms with Crippen LogP contribution in [0.5, 0.6) is 0 Å². The minimum absolute atomic E-state index is 0.0334. The van der Waals surface area contributed by atoms with Crippen molar-refractivity contribution in [2.45, 2.75) is 19.8 Å². The summed E-state index contributed by atoms with van der Waals surface area (Å²) < 4.78 is 19.4. The number of esters is 2. The highest BCUT2D eigenvalue weighted by molar-refractivity contribution is 5.77. The second-order valence-electron chi connectivity index (χ2n) is 3.11. The normalized spacial score (nSPS) is 10.0. The van der Waals surface area contributed by atoms with E-state index in [9.17, 15) is 9.59 Å². The van der Waals surface area contributed by atoms with Gasteiger partial charge in [0.1, 0.15) is 6.61 Å². The SMILES string of the molecule is CCOCCOCCOC(=O)CCC(=O)OC. The molecule has 6 nitrogen and oxygen atoms in total. The molecule has 0 aromatic carbocycles. The minimum Gasteiger partial charge on any atom is -0.469 e. The molecule has 0 saturated carbocycles. The highest BCUT2D eigenvalue weighted by Crippen LogP contribution is 1.94. The number of carbonyl (C=O) groups is 2. The van der Waals surface area contributed by atoms with Crippen LogP contribution >= 0.6 is 0 Å². The molecule has 0 bridgehead atoms. The van der Waals surface area contributed by atoms with Crippen LogP contribution in [0.15, 0.2) is 0 Å². The van der Waals surface area contributed by atoms with E-state index in [4.69, 9.17) is 14.2 Å². The summed E-state index contributed by atoms with van der Waals surface area (Å²) in [6, 6.07) is 0. The van der Waals surface area contributed by atoms with Crippen LogP contribution in [0.4, 0.5) is 0 Å². The summed E-state index contributed by atoms with van der Waals surface area (Å²) in [6.45, 7) is 4.10. The third-order valence-electron chi connectivity index (χ3n) is 1.83. The largest absolute Gasteiger partial charge is 0.469 e. The van der Waals surface area contributed by atoms with E-state index < -0.39 is 11.9 Å². The van der Waals surface area contributed by atoms with E-state index in [2.05, 4.69) is 4.74 Å². The molecule has 0 amide bonds. The Morgan fingerprint density at radius 3 is 2.12 bits per heavy atom. The minimum atomic E-state index is -0.427. The van der Waals surface area contributed by atoms with Crippen LogP contribution in [0, 0.1) is 0 Å². The van der Waals surface area contributed by atoms with Gasteiger partial charge in [0.05, 0.1) is 39.8 Å². The first-order valence-corrected chi connectivity index (χ1v) is 5.58. The van der Waals surface area contributed by atoms with Crippen molar-refractivity contribution < 1.29 is 28.5 Å².